The number of nitrogens with one attached hydrogen (secondary N) is 1. The van der Waals surface area contributed by atoms with Gasteiger partial charge in [0.25, 0.3) is 5.91 Å². The lowest BCUT2D eigenvalue weighted by Gasteiger charge is -2.21. The predicted molar refractivity (Wildman–Crippen MR) is 92.8 cm³/mol. The summed E-state index contributed by atoms with van der Waals surface area (Å²) in [7, 11) is 0. The molecule has 5 heteroatoms. The smallest absolute Gasteiger partial charge is 0.252 e. The van der Waals surface area contributed by atoms with Crippen LogP contribution in [0.25, 0.3) is 11.3 Å². The quantitative estimate of drug-likeness (QED) is 0.863. The number of amides is 1. The zero-order chi connectivity index (χ0) is 16.8. The summed E-state index contributed by atoms with van der Waals surface area (Å²) >= 11 is 0. The van der Waals surface area contributed by atoms with Gasteiger partial charge in [0.2, 0.25) is 5.88 Å². The number of benzene rings is 1. The number of carbonyl (C=O) groups excluding carboxylic acids is 1. The van der Waals surface area contributed by atoms with Gasteiger partial charge in [-0.05, 0) is 24.8 Å². The van der Waals surface area contributed by atoms with E-state index in [2.05, 4.69) is 29.5 Å². The molecule has 0 spiro atoms. The lowest BCUT2D eigenvalue weighted by Crippen LogP contribution is -2.24. The molecule has 1 aromatic carbocycles. The summed E-state index contributed by atoms with van der Waals surface area (Å²) in [5.74, 6) is 0.145. The molecular formula is C19H24N2O3. The summed E-state index contributed by atoms with van der Waals surface area (Å²) in [5, 5.41) is 6.72. The first-order valence-electron chi connectivity index (χ1n) is 8.72. The second-order valence-electron chi connectivity index (χ2n) is 6.25. The Hall–Kier alpha value is -2.14. The van der Waals surface area contributed by atoms with E-state index in [0.717, 1.165) is 24.8 Å². The maximum Gasteiger partial charge on any atom is 0.252 e. The molecule has 0 aliphatic heterocycles. The number of hydrogen-bond donors (Lipinski definition) is 1. The molecule has 1 heterocycles. The highest BCUT2D eigenvalue weighted by Crippen LogP contribution is 2.23. The van der Waals surface area contributed by atoms with E-state index in [1.807, 2.05) is 12.1 Å². The van der Waals surface area contributed by atoms with Crippen molar-refractivity contribution in [2.75, 3.05) is 11.9 Å². The molecule has 1 fully saturated rings. The van der Waals surface area contributed by atoms with Gasteiger partial charge in [0.1, 0.15) is 12.3 Å². The van der Waals surface area contributed by atoms with Crippen LogP contribution in [0.15, 0.2) is 34.9 Å². The van der Waals surface area contributed by atoms with Gasteiger partial charge in [-0.25, -0.2) is 0 Å². The van der Waals surface area contributed by atoms with E-state index in [1.165, 1.54) is 24.8 Å². The van der Waals surface area contributed by atoms with Gasteiger partial charge in [-0.15, -0.1) is 0 Å². The Morgan fingerprint density at radius 2 is 2.00 bits per heavy atom. The van der Waals surface area contributed by atoms with Gasteiger partial charge in [-0.2, -0.15) is 0 Å². The minimum atomic E-state index is -0.204. The Kier molecular flexibility index (Phi) is 5.64. The fourth-order valence-corrected chi connectivity index (χ4v) is 2.98. The van der Waals surface area contributed by atoms with Crippen molar-refractivity contribution in [2.24, 2.45) is 0 Å². The minimum Gasteiger partial charge on any atom is -0.368 e. The average molecular weight is 328 g/mol. The van der Waals surface area contributed by atoms with E-state index in [-0.39, 0.29) is 18.6 Å². The summed E-state index contributed by atoms with van der Waals surface area (Å²) in [6.07, 6.45) is 6.96. The molecule has 2 aromatic rings. The molecule has 128 valence electrons. The van der Waals surface area contributed by atoms with Crippen molar-refractivity contribution < 1.29 is 14.1 Å². The Morgan fingerprint density at radius 3 is 2.71 bits per heavy atom. The van der Waals surface area contributed by atoms with Crippen molar-refractivity contribution in [3.05, 3.63) is 35.9 Å². The predicted octanol–water partition coefficient (Wildman–Crippen LogP) is 4.19. The zero-order valence-corrected chi connectivity index (χ0v) is 14.1. The number of aryl methyl sites for hydroxylation is 1. The zero-order valence-electron chi connectivity index (χ0n) is 14.1. The van der Waals surface area contributed by atoms with Gasteiger partial charge >= 0.3 is 0 Å². The molecular weight excluding hydrogens is 304 g/mol. The number of carbonyl (C=O) groups is 1. The molecule has 1 saturated carbocycles. The van der Waals surface area contributed by atoms with Crippen LogP contribution in [0.1, 0.15) is 44.6 Å². The first kappa shape index (κ1) is 16.7. The standard InChI is InChI=1S/C19H24N2O3/c1-2-14-8-10-15(11-9-14)17-12-19(24-21-17)20-18(22)13-23-16-6-4-3-5-7-16/h8-12,16H,2-7,13H2,1H3,(H,20,22). The Morgan fingerprint density at radius 1 is 1.25 bits per heavy atom. The van der Waals surface area contributed by atoms with Crippen molar-refractivity contribution in [3.63, 3.8) is 0 Å². The van der Waals surface area contributed by atoms with Crippen LogP contribution in [0.3, 0.4) is 0 Å². The monoisotopic (exact) mass is 328 g/mol. The van der Waals surface area contributed by atoms with E-state index >= 15 is 0 Å². The van der Waals surface area contributed by atoms with Crippen molar-refractivity contribution >= 4 is 11.8 Å². The fraction of sp³-hybridized carbons (Fsp3) is 0.474. The fourth-order valence-electron chi connectivity index (χ4n) is 2.98. The first-order valence-corrected chi connectivity index (χ1v) is 8.72. The third-order valence-electron chi connectivity index (χ3n) is 4.43. The third kappa shape index (κ3) is 4.45. The number of rotatable bonds is 6. The van der Waals surface area contributed by atoms with Gasteiger partial charge < -0.3 is 9.26 Å². The first-order chi connectivity index (χ1) is 11.7. The summed E-state index contributed by atoms with van der Waals surface area (Å²) in [6, 6.07) is 9.89. The molecule has 5 nitrogen and oxygen atoms in total. The Labute approximate surface area is 142 Å². The molecule has 1 N–H and O–H groups in total. The summed E-state index contributed by atoms with van der Waals surface area (Å²) < 4.78 is 10.9. The van der Waals surface area contributed by atoms with Crippen LogP contribution in [0.2, 0.25) is 0 Å². The largest absolute Gasteiger partial charge is 0.368 e. The molecule has 0 atom stereocenters. The van der Waals surface area contributed by atoms with Crippen LogP contribution >= 0.6 is 0 Å². The number of aromatic nitrogens is 1. The highest BCUT2D eigenvalue weighted by molar-refractivity contribution is 5.90. The molecule has 1 aromatic heterocycles. The van der Waals surface area contributed by atoms with Crippen LogP contribution in [-0.2, 0) is 16.0 Å². The third-order valence-corrected chi connectivity index (χ3v) is 4.43. The van der Waals surface area contributed by atoms with Gasteiger partial charge in [-0.1, -0.05) is 55.6 Å². The van der Waals surface area contributed by atoms with E-state index in [9.17, 15) is 4.79 Å². The van der Waals surface area contributed by atoms with Crippen LogP contribution in [-0.4, -0.2) is 23.8 Å². The Balaban J connectivity index is 1.52. The van der Waals surface area contributed by atoms with Gasteiger partial charge in [0.05, 0.1) is 6.10 Å². The van der Waals surface area contributed by atoms with Crippen molar-refractivity contribution in [1.82, 2.24) is 5.16 Å². The lowest BCUT2D eigenvalue weighted by atomic mass is 9.98. The van der Waals surface area contributed by atoms with Crippen molar-refractivity contribution in [2.45, 2.75) is 51.6 Å². The van der Waals surface area contributed by atoms with Crippen LogP contribution < -0.4 is 5.32 Å². The van der Waals surface area contributed by atoms with Crippen LogP contribution in [0.5, 0.6) is 0 Å². The summed E-state index contributed by atoms with van der Waals surface area (Å²) in [4.78, 5) is 12.0. The molecule has 24 heavy (non-hydrogen) atoms. The van der Waals surface area contributed by atoms with Gasteiger partial charge in [-0.3, -0.25) is 10.1 Å². The van der Waals surface area contributed by atoms with Crippen LogP contribution in [0.4, 0.5) is 5.88 Å². The second-order valence-corrected chi connectivity index (χ2v) is 6.25. The van der Waals surface area contributed by atoms with Crippen molar-refractivity contribution in [3.8, 4) is 11.3 Å². The normalized spacial score (nSPS) is 15.4. The topological polar surface area (TPSA) is 64.4 Å². The van der Waals surface area contributed by atoms with E-state index in [0.29, 0.717) is 11.6 Å². The van der Waals surface area contributed by atoms with Gasteiger partial charge in [0.15, 0.2) is 0 Å². The number of anilines is 1. The van der Waals surface area contributed by atoms with Gasteiger partial charge in [0, 0.05) is 11.6 Å². The summed E-state index contributed by atoms with van der Waals surface area (Å²) in [5.41, 5.74) is 2.95. The number of ether oxygens (including phenoxy) is 1. The SMILES string of the molecule is CCc1ccc(-c2cc(NC(=O)COC3CCCCC3)on2)cc1. The molecule has 0 radical (unpaired) electrons. The van der Waals surface area contributed by atoms with Crippen LogP contribution in [0, 0.1) is 0 Å². The summed E-state index contributed by atoms with van der Waals surface area (Å²) in [6.45, 7) is 2.18. The highest BCUT2D eigenvalue weighted by Gasteiger charge is 2.16. The molecule has 1 aliphatic carbocycles. The number of nitrogens with zero attached hydrogens (tertiary/aromatic N) is 1. The average Bonchev–Trinajstić information content (AvgIpc) is 3.09. The lowest BCUT2D eigenvalue weighted by molar-refractivity contribution is -0.123. The maximum absolute atomic E-state index is 12.0. The van der Waals surface area contributed by atoms with E-state index < -0.39 is 0 Å². The molecule has 0 unspecified atom stereocenters. The maximum atomic E-state index is 12.0. The number of hydrogen-bond acceptors (Lipinski definition) is 4. The van der Waals surface area contributed by atoms with Crippen molar-refractivity contribution in [1.29, 1.82) is 0 Å². The molecule has 1 amide bonds. The second kappa shape index (κ2) is 8.11. The molecule has 3 rings (SSSR count). The molecule has 0 saturated heterocycles. The Bertz CT molecular complexity index is 658. The van der Waals surface area contributed by atoms with E-state index in [1.54, 1.807) is 6.07 Å². The highest BCUT2D eigenvalue weighted by atomic mass is 16.5. The molecule has 0 bridgehead atoms. The molecule has 1 aliphatic rings. The minimum absolute atomic E-state index is 0.0614. The van der Waals surface area contributed by atoms with E-state index in [4.69, 9.17) is 9.26 Å².